The first kappa shape index (κ1) is 14.3. The molecule has 2 aromatic rings. The lowest BCUT2D eigenvalue weighted by atomic mass is 10.1. The summed E-state index contributed by atoms with van der Waals surface area (Å²) >= 11 is 1.69. The van der Waals surface area contributed by atoms with E-state index in [0.717, 1.165) is 33.2 Å². The van der Waals surface area contributed by atoms with Crippen LogP contribution in [0.25, 0.3) is 0 Å². The highest BCUT2D eigenvalue weighted by Crippen LogP contribution is 2.28. The fourth-order valence-electron chi connectivity index (χ4n) is 1.90. The van der Waals surface area contributed by atoms with Gasteiger partial charge in [0, 0.05) is 17.1 Å². The normalized spacial score (nSPS) is 10.0. The highest BCUT2D eigenvalue weighted by molar-refractivity contribution is 7.99. The van der Waals surface area contributed by atoms with Crippen molar-refractivity contribution < 1.29 is 0 Å². The average Bonchev–Trinajstić information content (AvgIpc) is 2.47. The van der Waals surface area contributed by atoms with E-state index in [0.29, 0.717) is 6.54 Å². The lowest BCUT2D eigenvalue weighted by molar-refractivity contribution is 1.14. The minimum Gasteiger partial charge on any atom is -0.399 e. The number of hydrogen-bond donors (Lipinski definition) is 2. The molecule has 0 aliphatic rings. The van der Waals surface area contributed by atoms with Gasteiger partial charge in [0.2, 0.25) is 0 Å². The van der Waals surface area contributed by atoms with Crippen LogP contribution in [0, 0.1) is 11.3 Å². The van der Waals surface area contributed by atoms with Crippen LogP contribution in [0.4, 0.5) is 11.4 Å². The summed E-state index contributed by atoms with van der Waals surface area (Å²) in [6.07, 6.45) is 0. The first-order chi connectivity index (χ1) is 9.74. The lowest BCUT2D eigenvalue weighted by Crippen LogP contribution is -2.02. The molecule has 0 spiro atoms. The molecule has 0 aliphatic heterocycles. The topological polar surface area (TPSA) is 61.8 Å². The third kappa shape index (κ3) is 3.46. The average molecular weight is 283 g/mol. The van der Waals surface area contributed by atoms with E-state index in [4.69, 9.17) is 5.73 Å². The van der Waals surface area contributed by atoms with Crippen molar-refractivity contribution in [2.75, 3.05) is 16.8 Å². The molecule has 0 amide bonds. The van der Waals surface area contributed by atoms with Gasteiger partial charge >= 0.3 is 0 Å². The van der Waals surface area contributed by atoms with Crippen LogP contribution in [0.1, 0.15) is 18.1 Å². The van der Waals surface area contributed by atoms with Gasteiger partial charge < -0.3 is 11.1 Å². The number of rotatable bonds is 5. The van der Waals surface area contributed by atoms with Crippen molar-refractivity contribution in [1.29, 1.82) is 5.26 Å². The van der Waals surface area contributed by atoms with E-state index in [1.54, 1.807) is 11.8 Å². The van der Waals surface area contributed by atoms with Crippen LogP contribution in [0.15, 0.2) is 47.4 Å². The van der Waals surface area contributed by atoms with Crippen molar-refractivity contribution >= 4 is 23.1 Å². The molecule has 20 heavy (non-hydrogen) atoms. The monoisotopic (exact) mass is 283 g/mol. The third-order valence-electron chi connectivity index (χ3n) is 2.90. The standard InChI is InChI=1S/C16H17N3S/c1-2-20-16-5-3-4-15(14(16)10-17)19-11-12-6-8-13(18)9-7-12/h3-9,19H,2,11,18H2,1H3. The number of nitriles is 1. The number of nitrogens with one attached hydrogen (secondary N) is 1. The Labute approximate surface area is 123 Å². The fourth-order valence-corrected chi connectivity index (χ4v) is 2.69. The maximum absolute atomic E-state index is 9.34. The first-order valence-corrected chi connectivity index (χ1v) is 7.47. The maximum Gasteiger partial charge on any atom is 0.102 e. The summed E-state index contributed by atoms with van der Waals surface area (Å²) in [5.74, 6) is 0.954. The van der Waals surface area contributed by atoms with Crippen LogP contribution in [-0.2, 0) is 6.54 Å². The molecule has 0 atom stereocenters. The van der Waals surface area contributed by atoms with E-state index in [1.807, 2.05) is 42.5 Å². The Morgan fingerprint density at radius 3 is 2.60 bits per heavy atom. The number of nitrogens with zero attached hydrogens (tertiary/aromatic N) is 1. The van der Waals surface area contributed by atoms with Crippen molar-refractivity contribution in [2.45, 2.75) is 18.4 Å². The molecule has 3 N–H and O–H groups in total. The van der Waals surface area contributed by atoms with Gasteiger partial charge in [-0.2, -0.15) is 5.26 Å². The fraction of sp³-hybridized carbons (Fsp3) is 0.188. The Balaban J connectivity index is 2.15. The van der Waals surface area contributed by atoms with Crippen molar-refractivity contribution in [3.63, 3.8) is 0 Å². The number of anilines is 2. The lowest BCUT2D eigenvalue weighted by Gasteiger charge is -2.11. The van der Waals surface area contributed by atoms with Gasteiger partial charge in [-0.3, -0.25) is 0 Å². The molecule has 2 aromatic carbocycles. The smallest absolute Gasteiger partial charge is 0.102 e. The molecule has 4 heteroatoms. The molecule has 0 unspecified atom stereocenters. The summed E-state index contributed by atoms with van der Waals surface area (Å²) in [6, 6.07) is 15.9. The number of hydrogen-bond acceptors (Lipinski definition) is 4. The predicted octanol–water partition coefficient (Wildman–Crippen LogP) is 3.86. The summed E-state index contributed by atoms with van der Waals surface area (Å²) in [5, 5.41) is 12.7. The molecule has 0 saturated carbocycles. The SMILES string of the molecule is CCSc1cccc(NCc2ccc(N)cc2)c1C#N. The summed E-state index contributed by atoms with van der Waals surface area (Å²) in [5.41, 5.74) is 9.15. The van der Waals surface area contributed by atoms with Crippen LogP contribution < -0.4 is 11.1 Å². The van der Waals surface area contributed by atoms with E-state index in [2.05, 4.69) is 18.3 Å². The quantitative estimate of drug-likeness (QED) is 0.646. The van der Waals surface area contributed by atoms with Crippen LogP contribution in [0.5, 0.6) is 0 Å². The molecule has 0 heterocycles. The van der Waals surface area contributed by atoms with Gasteiger partial charge in [0.15, 0.2) is 0 Å². The Morgan fingerprint density at radius 1 is 1.20 bits per heavy atom. The van der Waals surface area contributed by atoms with Gasteiger partial charge in [0.1, 0.15) is 6.07 Å². The van der Waals surface area contributed by atoms with Gasteiger partial charge in [0.05, 0.1) is 11.3 Å². The van der Waals surface area contributed by atoms with Crippen molar-refractivity contribution in [2.24, 2.45) is 0 Å². The van der Waals surface area contributed by atoms with Crippen molar-refractivity contribution in [3.8, 4) is 6.07 Å². The van der Waals surface area contributed by atoms with Gasteiger partial charge in [-0.05, 0) is 35.6 Å². The molecule has 3 nitrogen and oxygen atoms in total. The molecule has 0 saturated heterocycles. The minimum atomic E-state index is 0.676. The molecule has 102 valence electrons. The molecular weight excluding hydrogens is 266 g/mol. The van der Waals surface area contributed by atoms with E-state index < -0.39 is 0 Å². The van der Waals surface area contributed by atoms with Crippen molar-refractivity contribution in [3.05, 3.63) is 53.6 Å². The van der Waals surface area contributed by atoms with E-state index >= 15 is 0 Å². The zero-order chi connectivity index (χ0) is 14.4. The molecule has 0 aliphatic carbocycles. The van der Waals surface area contributed by atoms with Gasteiger partial charge in [-0.15, -0.1) is 11.8 Å². The summed E-state index contributed by atoms with van der Waals surface area (Å²) in [7, 11) is 0. The summed E-state index contributed by atoms with van der Waals surface area (Å²) in [4.78, 5) is 1.03. The zero-order valence-electron chi connectivity index (χ0n) is 11.4. The zero-order valence-corrected chi connectivity index (χ0v) is 12.2. The van der Waals surface area contributed by atoms with Crippen molar-refractivity contribution in [1.82, 2.24) is 0 Å². The van der Waals surface area contributed by atoms with Gasteiger partial charge in [0.25, 0.3) is 0 Å². The summed E-state index contributed by atoms with van der Waals surface area (Å²) in [6.45, 7) is 2.76. The molecule has 0 radical (unpaired) electrons. The molecule has 0 fully saturated rings. The predicted molar refractivity (Wildman–Crippen MR) is 85.7 cm³/mol. The minimum absolute atomic E-state index is 0.676. The summed E-state index contributed by atoms with van der Waals surface area (Å²) < 4.78 is 0. The second kappa shape index (κ2) is 6.88. The largest absolute Gasteiger partial charge is 0.399 e. The molecular formula is C16H17N3S. The van der Waals surface area contributed by atoms with E-state index in [-0.39, 0.29) is 0 Å². The van der Waals surface area contributed by atoms with Crippen LogP contribution >= 0.6 is 11.8 Å². The number of thioether (sulfide) groups is 1. The number of nitrogens with two attached hydrogens (primary N) is 1. The Kier molecular flexibility index (Phi) is 4.91. The van der Waals surface area contributed by atoms with Gasteiger partial charge in [-0.25, -0.2) is 0 Å². The van der Waals surface area contributed by atoms with Crippen LogP contribution in [0.2, 0.25) is 0 Å². The van der Waals surface area contributed by atoms with Crippen LogP contribution in [0.3, 0.4) is 0 Å². The van der Waals surface area contributed by atoms with E-state index in [9.17, 15) is 5.26 Å². The Hall–Kier alpha value is -2.12. The second-order valence-electron chi connectivity index (χ2n) is 4.32. The maximum atomic E-state index is 9.34. The Bertz CT molecular complexity index is 615. The second-order valence-corrected chi connectivity index (χ2v) is 5.62. The Morgan fingerprint density at radius 2 is 1.95 bits per heavy atom. The first-order valence-electron chi connectivity index (χ1n) is 6.48. The number of nitrogen functional groups attached to an aromatic ring is 1. The molecule has 2 rings (SSSR count). The van der Waals surface area contributed by atoms with E-state index in [1.165, 1.54) is 0 Å². The van der Waals surface area contributed by atoms with Gasteiger partial charge in [-0.1, -0.05) is 25.1 Å². The number of benzene rings is 2. The molecule has 0 aromatic heterocycles. The van der Waals surface area contributed by atoms with Crippen LogP contribution in [-0.4, -0.2) is 5.75 Å². The molecule has 0 bridgehead atoms. The highest BCUT2D eigenvalue weighted by atomic mass is 32.2. The highest BCUT2D eigenvalue weighted by Gasteiger charge is 2.07. The third-order valence-corrected chi connectivity index (χ3v) is 3.84.